The molecule has 2 aromatic rings. The quantitative estimate of drug-likeness (QED) is 0.907. The number of ether oxygens (including phenoxy) is 1. The Labute approximate surface area is 153 Å². The Hall–Kier alpha value is -2.40. The lowest BCUT2D eigenvalue weighted by molar-refractivity contribution is 0.0217. The van der Waals surface area contributed by atoms with E-state index >= 15 is 0 Å². The lowest BCUT2D eigenvalue weighted by Gasteiger charge is -2.49. The van der Waals surface area contributed by atoms with Gasteiger partial charge in [0, 0.05) is 17.6 Å². The van der Waals surface area contributed by atoms with Crippen molar-refractivity contribution in [2.24, 2.45) is 5.92 Å². The van der Waals surface area contributed by atoms with Crippen LogP contribution in [0.15, 0.2) is 48.5 Å². The number of para-hydroxylation sites is 1. The fourth-order valence-corrected chi connectivity index (χ4v) is 4.11. The van der Waals surface area contributed by atoms with Gasteiger partial charge in [0.1, 0.15) is 5.75 Å². The van der Waals surface area contributed by atoms with Gasteiger partial charge in [-0.1, -0.05) is 12.1 Å². The summed E-state index contributed by atoms with van der Waals surface area (Å²) in [6.07, 6.45) is 2.31. The van der Waals surface area contributed by atoms with Crippen molar-refractivity contribution >= 4 is 5.91 Å². The van der Waals surface area contributed by atoms with E-state index in [0.717, 1.165) is 25.9 Å². The number of fused-ring (bicyclic) bond motifs is 3. The number of hydrogen-bond acceptors (Lipinski definition) is 3. The van der Waals surface area contributed by atoms with E-state index < -0.39 is 5.82 Å². The van der Waals surface area contributed by atoms with Gasteiger partial charge in [0.05, 0.1) is 0 Å². The summed E-state index contributed by atoms with van der Waals surface area (Å²) in [4.78, 5) is 15.1. The van der Waals surface area contributed by atoms with E-state index in [9.17, 15) is 9.18 Å². The van der Waals surface area contributed by atoms with Crippen LogP contribution in [-0.2, 0) is 0 Å². The lowest BCUT2D eigenvalue weighted by atomic mass is 9.79. The van der Waals surface area contributed by atoms with Crippen LogP contribution in [0.3, 0.4) is 0 Å². The third kappa shape index (κ3) is 3.31. The molecule has 1 N–H and O–H groups in total. The standard InChI is InChI=1S/C21H23FN2O2/c1-14-20(15-10-12-24(14)13-11-15)23-21(25)16-6-8-17(9-7-16)26-19-5-3-2-4-18(19)22/h2-9,14-15,20H,10-13H2,1H3,(H,23,25). The first-order valence-corrected chi connectivity index (χ1v) is 9.19. The molecule has 1 amide bonds. The minimum absolute atomic E-state index is 0.0620. The van der Waals surface area contributed by atoms with Gasteiger partial charge in [-0.3, -0.25) is 9.69 Å². The molecule has 5 heteroatoms. The zero-order valence-corrected chi connectivity index (χ0v) is 14.8. The zero-order valence-electron chi connectivity index (χ0n) is 14.8. The first kappa shape index (κ1) is 17.0. The minimum Gasteiger partial charge on any atom is -0.454 e. The van der Waals surface area contributed by atoms with Gasteiger partial charge in [0.25, 0.3) is 5.91 Å². The Morgan fingerprint density at radius 2 is 1.81 bits per heavy atom. The van der Waals surface area contributed by atoms with Crippen LogP contribution in [0.2, 0.25) is 0 Å². The van der Waals surface area contributed by atoms with E-state index in [1.165, 1.54) is 6.07 Å². The summed E-state index contributed by atoms with van der Waals surface area (Å²) in [5.41, 5.74) is 0.592. The van der Waals surface area contributed by atoms with Crippen molar-refractivity contribution in [3.63, 3.8) is 0 Å². The third-order valence-electron chi connectivity index (χ3n) is 5.66. The van der Waals surface area contributed by atoms with Crippen molar-refractivity contribution in [2.45, 2.75) is 31.8 Å². The predicted octanol–water partition coefficient (Wildman–Crippen LogP) is 3.83. The highest BCUT2D eigenvalue weighted by molar-refractivity contribution is 5.94. The molecule has 0 aromatic heterocycles. The molecule has 5 rings (SSSR count). The second kappa shape index (κ2) is 7.08. The van der Waals surface area contributed by atoms with Crippen molar-refractivity contribution in [1.29, 1.82) is 0 Å². The highest BCUT2D eigenvalue weighted by atomic mass is 19.1. The molecule has 3 heterocycles. The third-order valence-corrected chi connectivity index (χ3v) is 5.66. The maximum atomic E-state index is 13.7. The summed E-state index contributed by atoms with van der Waals surface area (Å²) in [5.74, 6) is 0.773. The number of carbonyl (C=O) groups excluding carboxylic acids is 1. The molecule has 2 bridgehead atoms. The highest BCUT2D eigenvalue weighted by Gasteiger charge is 2.40. The first-order valence-electron chi connectivity index (χ1n) is 9.19. The van der Waals surface area contributed by atoms with Crippen molar-refractivity contribution in [1.82, 2.24) is 10.2 Å². The van der Waals surface area contributed by atoms with Gasteiger partial charge in [0.15, 0.2) is 11.6 Å². The predicted molar refractivity (Wildman–Crippen MR) is 97.9 cm³/mol. The van der Waals surface area contributed by atoms with E-state index in [1.807, 2.05) is 0 Å². The summed E-state index contributed by atoms with van der Waals surface area (Å²) >= 11 is 0. The molecular weight excluding hydrogens is 331 g/mol. The summed E-state index contributed by atoms with van der Waals surface area (Å²) in [5, 5.41) is 3.21. The molecule has 136 valence electrons. The maximum Gasteiger partial charge on any atom is 0.251 e. The van der Waals surface area contributed by atoms with E-state index in [0.29, 0.717) is 23.3 Å². The zero-order chi connectivity index (χ0) is 18.1. The monoisotopic (exact) mass is 354 g/mol. The summed E-state index contributed by atoms with van der Waals surface area (Å²) in [6.45, 7) is 4.47. The fourth-order valence-electron chi connectivity index (χ4n) is 4.11. The van der Waals surface area contributed by atoms with Gasteiger partial charge in [-0.05, 0) is 75.2 Å². The van der Waals surface area contributed by atoms with Crippen molar-refractivity contribution < 1.29 is 13.9 Å². The Morgan fingerprint density at radius 1 is 1.12 bits per heavy atom. The van der Waals surface area contributed by atoms with Crippen LogP contribution in [0.1, 0.15) is 30.1 Å². The maximum absolute atomic E-state index is 13.7. The molecule has 3 aliphatic heterocycles. The minimum atomic E-state index is -0.411. The van der Waals surface area contributed by atoms with Crippen LogP contribution in [0.5, 0.6) is 11.5 Å². The number of amides is 1. The van der Waals surface area contributed by atoms with Crippen LogP contribution < -0.4 is 10.1 Å². The molecule has 2 atom stereocenters. The Balaban J connectivity index is 1.42. The van der Waals surface area contributed by atoms with Crippen LogP contribution in [-0.4, -0.2) is 36.0 Å². The average Bonchev–Trinajstić information content (AvgIpc) is 2.67. The van der Waals surface area contributed by atoms with Gasteiger partial charge in [-0.2, -0.15) is 0 Å². The van der Waals surface area contributed by atoms with Gasteiger partial charge in [-0.25, -0.2) is 4.39 Å². The molecule has 2 unspecified atom stereocenters. The first-order chi connectivity index (χ1) is 12.6. The van der Waals surface area contributed by atoms with Crippen molar-refractivity contribution in [3.8, 4) is 11.5 Å². The van der Waals surface area contributed by atoms with Crippen molar-refractivity contribution in [3.05, 3.63) is 59.9 Å². The number of nitrogens with zero attached hydrogens (tertiary/aromatic N) is 1. The topological polar surface area (TPSA) is 41.6 Å². The number of carbonyl (C=O) groups is 1. The molecule has 0 aliphatic carbocycles. The van der Waals surface area contributed by atoms with E-state index in [2.05, 4.69) is 17.1 Å². The van der Waals surface area contributed by atoms with Gasteiger partial charge in [0.2, 0.25) is 0 Å². The van der Waals surface area contributed by atoms with E-state index in [4.69, 9.17) is 4.74 Å². The highest BCUT2D eigenvalue weighted by Crippen LogP contribution is 2.32. The molecular formula is C21H23FN2O2. The smallest absolute Gasteiger partial charge is 0.251 e. The number of piperidine rings is 3. The van der Waals surface area contributed by atoms with Gasteiger partial charge in [-0.15, -0.1) is 0 Å². The van der Waals surface area contributed by atoms with Crippen LogP contribution >= 0.6 is 0 Å². The Bertz CT molecular complexity index is 783. The van der Waals surface area contributed by atoms with E-state index in [-0.39, 0.29) is 17.7 Å². The second-order valence-electron chi connectivity index (χ2n) is 7.17. The van der Waals surface area contributed by atoms with Crippen molar-refractivity contribution in [2.75, 3.05) is 13.1 Å². The molecule has 4 nitrogen and oxygen atoms in total. The average molecular weight is 354 g/mol. The molecule has 0 saturated carbocycles. The normalized spacial score (nSPS) is 27.2. The Morgan fingerprint density at radius 3 is 2.46 bits per heavy atom. The van der Waals surface area contributed by atoms with Gasteiger partial charge >= 0.3 is 0 Å². The summed E-state index contributed by atoms with van der Waals surface area (Å²) < 4.78 is 19.2. The molecule has 2 aromatic carbocycles. The molecule has 3 aliphatic rings. The summed E-state index contributed by atoms with van der Waals surface area (Å²) in [6, 6.07) is 13.7. The largest absolute Gasteiger partial charge is 0.454 e. The molecule has 0 spiro atoms. The fraction of sp³-hybridized carbons (Fsp3) is 0.381. The molecule has 26 heavy (non-hydrogen) atoms. The number of rotatable bonds is 4. The lowest BCUT2D eigenvalue weighted by Crippen LogP contribution is -2.62. The number of benzene rings is 2. The van der Waals surface area contributed by atoms with E-state index in [1.54, 1.807) is 42.5 Å². The van der Waals surface area contributed by atoms with Gasteiger partial charge < -0.3 is 10.1 Å². The summed E-state index contributed by atoms with van der Waals surface area (Å²) in [7, 11) is 0. The molecule has 3 fully saturated rings. The van der Waals surface area contributed by atoms with Crippen LogP contribution in [0, 0.1) is 11.7 Å². The SMILES string of the molecule is CC1C(NC(=O)c2ccc(Oc3ccccc3F)cc2)C2CCN1CC2. The molecule has 3 saturated heterocycles. The Kier molecular flexibility index (Phi) is 4.64. The second-order valence-corrected chi connectivity index (χ2v) is 7.17. The number of halogens is 1. The van der Waals surface area contributed by atoms with Crippen LogP contribution in [0.25, 0.3) is 0 Å². The molecule has 0 radical (unpaired) electrons. The number of nitrogens with one attached hydrogen (secondary N) is 1. The number of hydrogen-bond donors (Lipinski definition) is 1. The van der Waals surface area contributed by atoms with Crippen LogP contribution in [0.4, 0.5) is 4.39 Å².